The summed E-state index contributed by atoms with van der Waals surface area (Å²) in [5, 5.41) is 9.97. The third kappa shape index (κ3) is 27.9. The van der Waals surface area contributed by atoms with E-state index in [0.29, 0.717) is 13.0 Å². The first kappa shape index (κ1) is 34.4. The van der Waals surface area contributed by atoms with Crippen LogP contribution in [0.2, 0.25) is 0 Å². The Kier molecular flexibility index (Phi) is 29.2. The Morgan fingerprint density at radius 1 is 0.486 bits per heavy atom. The Morgan fingerprint density at radius 3 is 1.11 bits per heavy atom. The largest absolute Gasteiger partial charge is 0.464 e. The van der Waals surface area contributed by atoms with Gasteiger partial charge >= 0.3 is 5.97 Å². The van der Waals surface area contributed by atoms with Crippen LogP contribution in [0.15, 0.2) is 0 Å². The van der Waals surface area contributed by atoms with Gasteiger partial charge in [-0.05, 0) is 12.8 Å². The molecule has 1 unspecified atom stereocenters. The van der Waals surface area contributed by atoms with Gasteiger partial charge in [0, 0.05) is 0 Å². The van der Waals surface area contributed by atoms with Crippen LogP contribution in [0.5, 0.6) is 0 Å². The predicted octanol–water partition coefficient (Wildman–Crippen LogP) is 10.5. The molecule has 0 aliphatic heterocycles. The minimum atomic E-state index is -0.925. The van der Waals surface area contributed by atoms with E-state index in [2.05, 4.69) is 13.8 Å². The van der Waals surface area contributed by atoms with Gasteiger partial charge in [0.05, 0.1) is 6.61 Å². The summed E-state index contributed by atoms with van der Waals surface area (Å²) in [6, 6.07) is 0. The molecule has 0 fully saturated rings. The Labute approximate surface area is 220 Å². The highest BCUT2D eigenvalue weighted by Crippen LogP contribution is 2.15. The second-order valence-electron chi connectivity index (χ2n) is 11.0. The van der Waals surface area contributed by atoms with Crippen LogP contribution in [0.1, 0.15) is 187 Å². The highest BCUT2D eigenvalue weighted by atomic mass is 16.5. The minimum Gasteiger partial charge on any atom is -0.464 e. The number of ether oxygens (including phenoxy) is 1. The van der Waals surface area contributed by atoms with Crippen molar-refractivity contribution in [1.82, 2.24) is 0 Å². The summed E-state index contributed by atoms with van der Waals surface area (Å²) in [7, 11) is 0. The maximum atomic E-state index is 11.8. The average Bonchev–Trinajstić information content (AvgIpc) is 2.86. The van der Waals surface area contributed by atoms with Gasteiger partial charge in [-0.1, -0.05) is 174 Å². The number of esters is 1. The third-order valence-corrected chi connectivity index (χ3v) is 7.35. The predicted molar refractivity (Wildman–Crippen MR) is 153 cm³/mol. The molecule has 3 heteroatoms. The Bertz CT molecular complexity index is 410. The van der Waals surface area contributed by atoms with Crippen molar-refractivity contribution in [3.05, 3.63) is 0 Å². The second kappa shape index (κ2) is 29.7. The van der Waals surface area contributed by atoms with Gasteiger partial charge in [0.25, 0.3) is 0 Å². The second-order valence-corrected chi connectivity index (χ2v) is 11.0. The van der Waals surface area contributed by atoms with Crippen molar-refractivity contribution in [3.63, 3.8) is 0 Å². The molecule has 0 aliphatic rings. The molecule has 0 aromatic carbocycles. The van der Waals surface area contributed by atoms with Gasteiger partial charge in [-0.25, -0.2) is 4.79 Å². The van der Waals surface area contributed by atoms with Gasteiger partial charge in [0.1, 0.15) is 0 Å². The molecule has 0 aromatic rings. The van der Waals surface area contributed by atoms with Crippen LogP contribution in [-0.4, -0.2) is 23.8 Å². The molecule has 0 bridgehead atoms. The lowest BCUT2D eigenvalue weighted by atomic mass is 10.0. The zero-order chi connectivity index (χ0) is 25.7. The fraction of sp³-hybridized carbons (Fsp3) is 0.969. The summed E-state index contributed by atoms with van der Waals surface area (Å²) in [6.45, 7) is 4.96. The molecule has 0 amide bonds. The molecule has 0 aliphatic carbocycles. The summed E-state index contributed by atoms with van der Waals surface area (Å²) >= 11 is 0. The van der Waals surface area contributed by atoms with Crippen molar-refractivity contribution in [3.8, 4) is 0 Å². The van der Waals surface area contributed by atoms with Crippen LogP contribution >= 0.6 is 0 Å². The molecule has 210 valence electrons. The van der Waals surface area contributed by atoms with Gasteiger partial charge < -0.3 is 9.84 Å². The maximum absolute atomic E-state index is 11.8. The Hall–Kier alpha value is -0.570. The monoisotopic (exact) mass is 496 g/mol. The first-order valence-electron chi connectivity index (χ1n) is 16.1. The highest BCUT2D eigenvalue weighted by Gasteiger charge is 2.15. The van der Waals surface area contributed by atoms with E-state index in [-0.39, 0.29) is 0 Å². The van der Waals surface area contributed by atoms with Gasteiger partial charge in [-0.15, -0.1) is 0 Å². The van der Waals surface area contributed by atoms with Gasteiger partial charge in [-0.2, -0.15) is 0 Å². The van der Waals surface area contributed by atoms with Crippen molar-refractivity contribution in [2.45, 2.75) is 193 Å². The van der Waals surface area contributed by atoms with Gasteiger partial charge in [-0.3, -0.25) is 0 Å². The van der Waals surface area contributed by atoms with Crippen LogP contribution in [-0.2, 0) is 9.53 Å². The summed E-state index contributed by atoms with van der Waals surface area (Å²) in [5.41, 5.74) is 0. The van der Waals surface area contributed by atoms with Crippen molar-refractivity contribution < 1.29 is 14.6 Å². The number of hydrogen-bond acceptors (Lipinski definition) is 3. The standard InChI is InChI=1S/C32H64O3/c1-3-5-7-9-11-12-13-14-15-16-17-18-19-20-21-22-23-24-25-27-29-31(33)32(34)35-30-28-26-10-8-6-4-2/h31,33H,3-30H2,1-2H3. The number of unbranched alkanes of at least 4 members (excludes halogenated alkanes) is 24. The van der Waals surface area contributed by atoms with E-state index < -0.39 is 12.1 Å². The molecule has 3 nitrogen and oxygen atoms in total. The quantitative estimate of drug-likeness (QED) is 0.0827. The SMILES string of the molecule is CCCCCCCCCCCCCCCCCCCCCCC(O)C(=O)OCCCCCCCC. The van der Waals surface area contributed by atoms with Crippen molar-refractivity contribution in [1.29, 1.82) is 0 Å². The number of carbonyl (C=O) groups excluding carboxylic acids is 1. The molecule has 0 radical (unpaired) electrons. The third-order valence-electron chi connectivity index (χ3n) is 7.35. The number of rotatable bonds is 29. The molecule has 0 aromatic heterocycles. The zero-order valence-electron chi connectivity index (χ0n) is 24.1. The van der Waals surface area contributed by atoms with Gasteiger partial charge in [0.2, 0.25) is 0 Å². The van der Waals surface area contributed by atoms with E-state index in [4.69, 9.17) is 4.74 Å². The van der Waals surface area contributed by atoms with Crippen LogP contribution in [0.3, 0.4) is 0 Å². The normalized spacial score (nSPS) is 12.2. The Morgan fingerprint density at radius 2 is 0.771 bits per heavy atom. The average molecular weight is 497 g/mol. The lowest BCUT2D eigenvalue weighted by molar-refractivity contribution is -0.154. The minimum absolute atomic E-state index is 0.420. The number of aliphatic hydroxyl groups excluding tert-OH is 1. The molecular weight excluding hydrogens is 432 g/mol. The fourth-order valence-electron chi connectivity index (χ4n) is 4.86. The van der Waals surface area contributed by atoms with E-state index in [0.717, 1.165) is 25.7 Å². The van der Waals surface area contributed by atoms with Gasteiger partial charge in [0.15, 0.2) is 6.10 Å². The highest BCUT2D eigenvalue weighted by molar-refractivity contribution is 5.74. The lowest BCUT2D eigenvalue weighted by Crippen LogP contribution is -2.23. The van der Waals surface area contributed by atoms with E-state index in [1.807, 2.05) is 0 Å². The molecule has 35 heavy (non-hydrogen) atoms. The number of carbonyl (C=O) groups is 1. The van der Waals surface area contributed by atoms with E-state index in [1.54, 1.807) is 0 Å². The lowest BCUT2D eigenvalue weighted by Gasteiger charge is -2.10. The van der Waals surface area contributed by atoms with Crippen LogP contribution in [0.25, 0.3) is 0 Å². The molecule has 0 spiro atoms. The first-order valence-corrected chi connectivity index (χ1v) is 16.1. The molecule has 0 saturated carbocycles. The zero-order valence-corrected chi connectivity index (χ0v) is 24.1. The maximum Gasteiger partial charge on any atom is 0.334 e. The summed E-state index contributed by atoms with van der Waals surface area (Å²) in [6.07, 6.45) is 33.9. The topological polar surface area (TPSA) is 46.5 Å². The molecular formula is C32H64O3. The molecule has 1 N–H and O–H groups in total. The smallest absolute Gasteiger partial charge is 0.334 e. The summed E-state index contributed by atoms with van der Waals surface area (Å²) < 4.78 is 5.22. The number of hydrogen-bond donors (Lipinski definition) is 1. The summed E-state index contributed by atoms with van der Waals surface area (Å²) in [4.78, 5) is 11.8. The molecule has 1 atom stereocenters. The molecule has 0 heterocycles. The Balaban J connectivity index is 3.22. The van der Waals surface area contributed by atoms with Crippen LogP contribution in [0, 0.1) is 0 Å². The van der Waals surface area contributed by atoms with Crippen molar-refractivity contribution in [2.75, 3.05) is 6.61 Å². The number of aliphatic hydroxyl groups is 1. The van der Waals surface area contributed by atoms with E-state index in [9.17, 15) is 9.90 Å². The van der Waals surface area contributed by atoms with Crippen LogP contribution < -0.4 is 0 Å². The summed E-state index contributed by atoms with van der Waals surface area (Å²) in [5.74, 6) is -0.420. The molecule has 0 rings (SSSR count). The van der Waals surface area contributed by atoms with E-state index >= 15 is 0 Å². The van der Waals surface area contributed by atoms with Crippen LogP contribution in [0.4, 0.5) is 0 Å². The molecule has 0 saturated heterocycles. The van der Waals surface area contributed by atoms with Crippen molar-refractivity contribution >= 4 is 5.97 Å². The van der Waals surface area contributed by atoms with Crippen molar-refractivity contribution in [2.24, 2.45) is 0 Å². The fourth-order valence-corrected chi connectivity index (χ4v) is 4.86. The first-order chi connectivity index (χ1) is 17.2. The van der Waals surface area contributed by atoms with E-state index in [1.165, 1.54) is 141 Å².